The van der Waals surface area contributed by atoms with E-state index in [1.807, 2.05) is 0 Å². The van der Waals surface area contributed by atoms with Crippen LogP contribution >= 0.6 is 0 Å². The van der Waals surface area contributed by atoms with Gasteiger partial charge in [-0.15, -0.1) is 0 Å². The number of nitrogens with zero attached hydrogens (tertiary/aromatic N) is 1. The highest BCUT2D eigenvalue weighted by molar-refractivity contribution is 7.89. The number of rotatable bonds is 6. The van der Waals surface area contributed by atoms with E-state index in [9.17, 15) is 23.1 Å². The Morgan fingerprint density at radius 3 is 2.80 bits per heavy atom. The second-order valence-electron chi connectivity index (χ2n) is 5.37. The Hall–Kier alpha value is -2.69. The molecular formula is C15H15N3O6S. The summed E-state index contributed by atoms with van der Waals surface area (Å²) in [5, 5.41) is 9.96. The maximum atomic E-state index is 12.3. The van der Waals surface area contributed by atoms with E-state index in [4.69, 9.17) is 4.42 Å². The number of aliphatic hydroxyl groups excluding tert-OH is 1. The summed E-state index contributed by atoms with van der Waals surface area (Å²) in [5.41, 5.74) is 0.204. The molecule has 0 saturated heterocycles. The smallest absolute Gasteiger partial charge is 0.408 e. The van der Waals surface area contributed by atoms with Gasteiger partial charge in [-0.2, -0.15) is 0 Å². The van der Waals surface area contributed by atoms with E-state index in [0.717, 1.165) is 0 Å². The fraction of sp³-hybridized carbons (Fsp3) is 0.200. The number of aromatic nitrogens is 2. The molecule has 0 radical (unpaired) electrons. The molecule has 0 fully saturated rings. The Labute approximate surface area is 141 Å². The lowest BCUT2D eigenvalue weighted by Crippen LogP contribution is -2.36. The Bertz CT molecular complexity index is 1110. The minimum Gasteiger partial charge on any atom is -0.408 e. The maximum Gasteiger partial charge on any atom is 0.417 e. The third-order valence-corrected chi connectivity index (χ3v) is 4.94. The van der Waals surface area contributed by atoms with E-state index in [1.54, 1.807) is 12.1 Å². The Morgan fingerprint density at radius 1 is 1.24 bits per heavy atom. The van der Waals surface area contributed by atoms with Crippen molar-refractivity contribution in [3.8, 4) is 0 Å². The SMILES string of the molecule is O=c1[nH]c2cc(S(=O)(=O)NCC(O)Cn3ccccc3=O)ccc2o1. The van der Waals surface area contributed by atoms with Crippen LogP contribution in [-0.4, -0.2) is 35.7 Å². The molecule has 9 nitrogen and oxygen atoms in total. The van der Waals surface area contributed by atoms with Gasteiger partial charge < -0.3 is 14.1 Å². The van der Waals surface area contributed by atoms with Crippen LogP contribution in [-0.2, 0) is 16.6 Å². The summed E-state index contributed by atoms with van der Waals surface area (Å²) in [6.07, 6.45) is 0.413. The number of nitrogens with one attached hydrogen (secondary N) is 2. The van der Waals surface area contributed by atoms with Crippen LogP contribution in [0.1, 0.15) is 0 Å². The summed E-state index contributed by atoms with van der Waals surface area (Å²) in [6.45, 7) is -0.320. The number of sulfonamides is 1. The first-order valence-corrected chi connectivity index (χ1v) is 8.79. The van der Waals surface area contributed by atoms with Crippen LogP contribution < -0.4 is 16.0 Å². The molecule has 0 aliphatic rings. The van der Waals surface area contributed by atoms with Gasteiger partial charge in [-0.25, -0.2) is 17.9 Å². The number of fused-ring (bicyclic) bond motifs is 1. The average Bonchev–Trinajstić information content (AvgIpc) is 2.94. The van der Waals surface area contributed by atoms with Crippen molar-refractivity contribution in [1.29, 1.82) is 0 Å². The van der Waals surface area contributed by atoms with Crippen LogP contribution in [0.3, 0.4) is 0 Å². The number of aliphatic hydroxyl groups is 1. The standard InChI is InChI=1S/C15H15N3O6S/c19-10(9-18-6-2-1-3-14(18)20)8-16-25(22,23)11-4-5-13-12(7-11)17-15(21)24-13/h1-7,10,16,19H,8-9H2,(H,17,21). The minimum atomic E-state index is -3.90. The lowest BCUT2D eigenvalue weighted by molar-refractivity contribution is 0.156. The van der Waals surface area contributed by atoms with Gasteiger partial charge in [0.15, 0.2) is 5.58 Å². The lowest BCUT2D eigenvalue weighted by atomic mass is 10.3. The van der Waals surface area contributed by atoms with Gasteiger partial charge in [0.2, 0.25) is 10.0 Å². The fourth-order valence-electron chi connectivity index (χ4n) is 2.29. The molecule has 0 aliphatic heterocycles. The third kappa shape index (κ3) is 3.87. The highest BCUT2D eigenvalue weighted by Crippen LogP contribution is 2.16. The van der Waals surface area contributed by atoms with Gasteiger partial charge in [-0.1, -0.05) is 6.07 Å². The fourth-order valence-corrected chi connectivity index (χ4v) is 3.39. The van der Waals surface area contributed by atoms with Crippen molar-refractivity contribution in [3.63, 3.8) is 0 Å². The number of benzene rings is 1. The van der Waals surface area contributed by atoms with Crippen LogP contribution in [0.2, 0.25) is 0 Å². The van der Waals surface area contributed by atoms with Crippen molar-refractivity contribution in [2.45, 2.75) is 17.5 Å². The molecule has 25 heavy (non-hydrogen) atoms. The van der Waals surface area contributed by atoms with E-state index in [1.165, 1.54) is 35.0 Å². The summed E-state index contributed by atoms with van der Waals surface area (Å²) in [4.78, 5) is 25.0. The predicted molar refractivity (Wildman–Crippen MR) is 88.7 cm³/mol. The largest absolute Gasteiger partial charge is 0.417 e. The van der Waals surface area contributed by atoms with E-state index in [2.05, 4.69) is 9.71 Å². The number of H-pyrrole nitrogens is 1. The molecule has 1 aromatic carbocycles. The van der Waals surface area contributed by atoms with Crippen LogP contribution in [0.15, 0.2) is 61.5 Å². The Balaban J connectivity index is 1.71. The molecule has 3 aromatic rings. The number of hydrogen-bond donors (Lipinski definition) is 3. The van der Waals surface area contributed by atoms with Gasteiger partial charge in [0.1, 0.15) is 0 Å². The molecule has 2 aromatic heterocycles. The van der Waals surface area contributed by atoms with Gasteiger partial charge in [0, 0.05) is 18.8 Å². The lowest BCUT2D eigenvalue weighted by Gasteiger charge is -2.13. The van der Waals surface area contributed by atoms with E-state index >= 15 is 0 Å². The molecule has 0 aliphatic carbocycles. The van der Waals surface area contributed by atoms with Crippen LogP contribution in [0, 0.1) is 0 Å². The summed E-state index contributed by atoms with van der Waals surface area (Å²) >= 11 is 0. The van der Waals surface area contributed by atoms with E-state index in [-0.39, 0.29) is 34.6 Å². The first-order valence-electron chi connectivity index (χ1n) is 7.31. The molecule has 0 bridgehead atoms. The minimum absolute atomic E-state index is 0.0454. The average molecular weight is 365 g/mol. The molecule has 10 heteroatoms. The topological polar surface area (TPSA) is 134 Å². The molecule has 0 spiro atoms. The zero-order chi connectivity index (χ0) is 18.0. The predicted octanol–water partition coefficient (Wildman–Crippen LogP) is -0.378. The molecular weight excluding hydrogens is 350 g/mol. The second kappa shape index (κ2) is 6.67. The highest BCUT2D eigenvalue weighted by atomic mass is 32.2. The van der Waals surface area contributed by atoms with E-state index in [0.29, 0.717) is 0 Å². The third-order valence-electron chi connectivity index (χ3n) is 3.52. The molecule has 0 saturated carbocycles. The van der Waals surface area contributed by atoms with Crippen molar-refractivity contribution in [2.24, 2.45) is 0 Å². The maximum absolute atomic E-state index is 12.3. The van der Waals surface area contributed by atoms with Crippen molar-refractivity contribution in [3.05, 3.63) is 63.5 Å². The molecule has 132 valence electrons. The summed E-state index contributed by atoms with van der Waals surface area (Å²) in [5.74, 6) is -0.679. The first-order chi connectivity index (χ1) is 11.8. The molecule has 2 heterocycles. The zero-order valence-corrected chi connectivity index (χ0v) is 13.7. The summed E-state index contributed by atoms with van der Waals surface area (Å²) < 4.78 is 32.9. The van der Waals surface area contributed by atoms with Gasteiger partial charge in [-0.3, -0.25) is 9.78 Å². The van der Waals surface area contributed by atoms with Crippen LogP contribution in [0.25, 0.3) is 11.1 Å². The van der Waals surface area contributed by atoms with Gasteiger partial charge in [0.05, 0.1) is 23.1 Å². The van der Waals surface area contributed by atoms with Crippen LogP contribution in [0.4, 0.5) is 0 Å². The number of oxazole rings is 1. The summed E-state index contributed by atoms with van der Waals surface area (Å²) in [6, 6.07) is 8.47. The monoisotopic (exact) mass is 365 g/mol. The molecule has 1 atom stereocenters. The number of aromatic amines is 1. The van der Waals surface area contributed by atoms with Crippen molar-refractivity contribution in [1.82, 2.24) is 14.3 Å². The van der Waals surface area contributed by atoms with Crippen molar-refractivity contribution >= 4 is 21.1 Å². The van der Waals surface area contributed by atoms with E-state index < -0.39 is 21.9 Å². The second-order valence-corrected chi connectivity index (χ2v) is 7.14. The molecule has 1 unspecified atom stereocenters. The number of pyridine rings is 1. The number of hydrogen-bond acceptors (Lipinski definition) is 6. The highest BCUT2D eigenvalue weighted by Gasteiger charge is 2.17. The molecule has 3 N–H and O–H groups in total. The van der Waals surface area contributed by atoms with Crippen molar-refractivity contribution < 1.29 is 17.9 Å². The zero-order valence-electron chi connectivity index (χ0n) is 12.9. The first kappa shape index (κ1) is 17.1. The molecule has 3 rings (SSSR count). The Morgan fingerprint density at radius 2 is 2.04 bits per heavy atom. The van der Waals surface area contributed by atoms with Crippen molar-refractivity contribution in [2.75, 3.05) is 6.54 Å². The summed E-state index contributed by atoms with van der Waals surface area (Å²) in [7, 11) is -3.90. The van der Waals surface area contributed by atoms with Crippen LogP contribution in [0.5, 0.6) is 0 Å². The Kier molecular flexibility index (Phi) is 4.57. The van der Waals surface area contributed by atoms with Gasteiger partial charge in [-0.05, 0) is 24.3 Å². The van der Waals surface area contributed by atoms with Gasteiger partial charge >= 0.3 is 5.76 Å². The normalized spacial score (nSPS) is 13.2. The quantitative estimate of drug-likeness (QED) is 0.545. The molecule has 0 amide bonds. The van der Waals surface area contributed by atoms with Gasteiger partial charge in [0.25, 0.3) is 5.56 Å².